The second-order valence-corrected chi connectivity index (χ2v) is 8.98. The first kappa shape index (κ1) is 21.5. The fourth-order valence-electron chi connectivity index (χ4n) is 4.42. The van der Waals surface area contributed by atoms with Crippen molar-refractivity contribution in [3.05, 3.63) is 23.9 Å². The number of carbonyl (C=O) groups is 3. The molecule has 0 aliphatic carbocycles. The molecule has 160 valence electrons. The highest BCUT2D eigenvalue weighted by Crippen LogP contribution is 2.50. The van der Waals surface area contributed by atoms with Crippen molar-refractivity contribution in [2.75, 3.05) is 26.4 Å². The van der Waals surface area contributed by atoms with Gasteiger partial charge in [-0.15, -0.1) is 6.58 Å². The number of carbonyl (C=O) groups excluding carboxylic acids is 3. The molecule has 3 rings (SSSR count). The predicted octanol–water partition coefficient (Wildman–Crippen LogP) is 1.06. The Kier molecular flexibility index (Phi) is 5.87. The molecule has 1 amide bonds. The lowest BCUT2D eigenvalue weighted by Crippen LogP contribution is -2.65. The lowest BCUT2D eigenvalue weighted by atomic mass is 9.75. The molecule has 8 heteroatoms. The van der Waals surface area contributed by atoms with Crippen LogP contribution in [-0.4, -0.2) is 71.3 Å². The minimum Gasteiger partial charge on any atom is -0.427 e. The first-order valence-corrected chi connectivity index (χ1v) is 9.99. The molecule has 4 atom stereocenters. The van der Waals surface area contributed by atoms with Gasteiger partial charge in [-0.2, -0.15) is 0 Å². The number of esters is 2. The minimum absolute atomic E-state index is 0.0272. The maximum Gasteiger partial charge on any atom is 0.357 e. The van der Waals surface area contributed by atoms with E-state index in [1.165, 1.54) is 4.90 Å². The molecule has 0 aromatic heterocycles. The topological polar surface area (TPSA) is 96.4 Å². The van der Waals surface area contributed by atoms with Crippen LogP contribution >= 0.6 is 0 Å². The molecule has 0 spiro atoms. The van der Waals surface area contributed by atoms with Gasteiger partial charge in [0, 0.05) is 25.6 Å². The van der Waals surface area contributed by atoms with Crippen molar-refractivity contribution in [1.82, 2.24) is 9.80 Å². The highest BCUT2D eigenvalue weighted by atomic mass is 16.7. The van der Waals surface area contributed by atoms with Crippen molar-refractivity contribution in [2.45, 2.75) is 46.3 Å². The van der Waals surface area contributed by atoms with Crippen molar-refractivity contribution >= 4 is 17.8 Å². The molecular weight excluding hydrogens is 376 g/mol. The molecule has 0 saturated carbocycles. The van der Waals surface area contributed by atoms with Gasteiger partial charge in [0.1, 0.15) is 5.70 Å². The first-order valence-electron chi connectivity index (χ1n) is 9.99. The Labute approximate surface area is 171 Å². The zero-order valence-corrected chi connectivity index (χ0v) is 17.5. The molecular formula is C21H30N2O6. The number of β-lactam (4-membered cyclic amide) rings is 1. The molecule has 3 heterocycles. The third-order valence-corrected chi connectivity index (χ3v) is 5.84. The van der Waals surface area contributed by atoms with Gasteiger partial charge in [-0.05, 0) is 39.7 Å². The molecule has 3 aliphatic heterocycles. The van der Waals surface area contributed by atoms with Gasteiger partial charge in [0.25, 0.3) is 0 Å². The van der Waals surface area contributed by atoms with E-state index in [2.05, 4.69) is 11.5 Å². The monoisotopic (exact) mass is 406 g/mol. The molecule has 0 unspecified atom stereocenters. The van der Waals surface area contributed by atoms with E-state index < -0.39 is 36.2 Å². The van der Waals surface area contributed by atoms with Crippen LogP contribution in [0.2, 0.25) is 0 Å². The molecule has 0 bridgehead atoms. The van der Waals surface area contributed by atoms with Crippen LogP contribution in [0, 0.1) is 17.3 Å². The van der Waals surface area contributed by atoms with Crippen molar-refractivity contribution < 1.29 is 29.0 Å². The van der Waals surface area contributed by atoms with Gasteiger partial charge in [0.15, 0.2) is 0 Å². The fourth-order valence-corrected chi connectivity index (χ4v) is 4.42. The van der Waals surface area contributed by atoms with E-state index in [0.29, 0.717) is 13.0 Å². The maximum atomic E-state index is 12.8. The summed E-state index contributed by atoms with van der Waals surface area (Å²) >= 11 is 0. The summed E-state index contributed by atoms with van der Waals surface area (Å²) < 4.78 is 10.2. The Morgan fingerprint density at radius 3 is 2.62 bits per heavy atom. The van der Waals surface area contributed by atoms with Crippen LogP contribution in [0.5, 0.6) is 0 Å². The van der Waals surface area contributed by atoms with E-state index in [-0.39, 0.29) is 23.6 Å². The van der Waals surface area contributed by atoms with Crippen molar-refractivity contribution in [2.24, 2.45) is 17.3 Å². The third-order valence-electron chi connectivity index (χ3n) is 5.84. The quantitative estimate of drug-likeness (QED) is 0.305. The van der Waals surface area contributed by atoms with Gasteiger partial charge in [-0.1, -0.05) is 6.08 Å². The van der Waals surface area contributed by atoms with Crippen LogP contribution in [0.4, 0.5) is 0 Å². The number of likely N-dealkylation sites (tertiary alicyclic amines) is 1. The molecule has 0 aromatic rings. The Bertz CT molecular complexity index is 751. The Morgan fingerprint density at radius 2 is 2.03 bits per heavy atom. The number of hydrogen-bond acceptors (Lipinski definition) is 7. The highest BCUT2D eigenvalue weighted by molar-refractivity contribution is 6.00. The van der Waals surface area contributed by atoms with Gasteiger partial charge in [0.05, 0.1) is 23.5 Å². The van der Waals surface area contributed by atoms with Crippen molar-refractivity contribution in [1.29, 1.82) is 0 Å². The van der Waals surface area contributed by atoms with E-state index >= 15 is 0 Å². The SMILES string of the molecule is C=CCN1CCC2=C(C(=O)OCOC(=O)C(C)(C)C)N3C(=O)[C@H]([C@@H](C)O)[C@H]3[C@@H]2C1. The third kappa shape index (κ3) is 3.83. The number of ether oxygens (including phenoxy) is 2. The van der Waals surface area contributed by atoms with Crippen molar-refractivity contribution in [3.8, 4) is 0 Å². The number of nitrogens with zero attached hydrogens (tertiary/aromatic N) is 2. The number of rotatable bonds is 6. The average Bonchev–Trinajstić information content (AvgIpc) is 2.90. The van der Waals surface area contributed by atoms with E-state index in [1.54, 1.807) is 27.7 Å². The summed E-state index contributed by atoms with van der Waals surface area (Å²) in [5.41, 5.74) is 0.444. The largest absolute Gasteiger partial charge is 0.427 e. The van der Waals surface area contributed by atoms with E-state index in [9.17, 15) is 19.5 Å². The van der Waals surface area contributed by atoms with Crippen LogP contribution in [0.15, 0.2) is 23.9 Å². The summed E-state index contributed by atoms with van der Waals surface area (Å²) in [7, 11) is 0. The minimum atomic E-state index is -0.789. The number of aliphatic hydroxyl groups is 1. The summed E-state index contributed by atoms with van der Waals surface area (Å²) in [4.78, 5) is 41.0. The van der Waals surface area contributed by atoms with Crippen LogP contribution in [0.25, 0.3) is 0 Å². The molecule has 0 radical (unpaired) electrons. The van der Waals surface area contributed by atoms with Crippen molar-refractivity contribution in [3.63, 3.8) is 0 Å². The second-order valence-electron chi connectivity index (χ2n) is 8.98. The van der Waals surface area contributed by atoms with Crippen LogP contribution < -0.4 is 0 Å². The van der Waals surface area contributed by atoms with Gasteiger partial charge in [-0.25, -0.2) is 4.79 Å². The Morgan fingerprint density at radius 1 is 1.34 bits per heavy atom. The van der Waals surface area contributed by atoms with Gasteiger partial charge in [-0.3, -0.25) is 14.5 Å². The highest BCUT2D eigenvalue weighted by Gasteiger charge is 2.61. The molecule has 8 nitrogen and oxygen atoms in total. The molecule has 0 aromatic carbocycles. The number of amides is 1. The zero-order chi connectivity index (χ0) is 21.5. The van der Waals surface area contributed by atoms with E-state index in [0.717, 1.165) is 18.7 Å². The fraction of sp³-hybridized carbons (Fsp3) is 0.667. The Balaban J connectivity index is 1.77. The number of aliphatic hydroxyl groups excluding tert-OH is 1. The Hall–Kier alpha value is -2.19. The van der Waals surface area contributed by atoms with E-state index in [1.807, 2.05) is 6.08 Å². The zero-order valence-electron chi connectivity index (χ0n) is 17.5. The summed E-state index contributed by atoms with van der Waals surface area (Å²) in [6, 6.07) is -0.246. The lowest BCUT2D eigenvalue weighted by Gasteiger charge is -2.48. The first-order chi connectivity index (χ1) is 13.6. The molecule has 2 fully saturated rings. The molecule has 3 aliphatic rings. The smallest absolute Gasteiger partial charge is 0.357 e. The number of piperidine rings is 1. The normalized spacial score (nSPS) is 27.7. The number of fused-ring (bicyclic) bond motifs is 3. The van der Waals surface area contributed by atoms with E-state index in [4.69, 9.17) is 9.47 Å². The molecule has 29 heavy (non-hydrogen) atoms. The molecule has 1 N–H and O–H groups in total. The van der Waals surface area contributed by atoms with Crippen LogP contribution in [0.3, 0.4) is 0 Å². The predicted molar refractivity (Wildman–Crippen MR) is 104 cm³/mol. The van der Waals surface area contributed by atoms with Gasteiger partial charge in [0.2, 0.25) is 12.7 Å². The van der Waals surface area contributed by atoms with Gasteiger partial charge >= 0.3 is 11.9 Å². The number of hydrogen-bond donors (Lipinski definition) is 1. The summed E-state index contributed by atoms with van der Waals surface area (Å²) in [6.07, 6.45) is 1.68. The summed E-state index contributed by atoms with van der Waals surface area (Å²) in [5, 5.41) is 10.1. The molecule has 2 saturated heterocycles. The summed E-state index contributed by atoms with van der Waals surface area (Å²) in [5.74, 6) is -1.95. The van der Waals surface area contributed by atoms with Crippen LogP contribution in [0.1, 0.15) is 34.1 Å². The lowest BCUT2D eigenvalue weighted by molar-refractivity contribution is -0.175. The van der Waals surface area contributed by atoms with Crippen LogP contribution in [-0.2, 0) is 23.9 Å². The maximum absolute atomic E-state index is 12.8. The summed E-state index contributed by atoms with van der Waals surface area (Å²) in [6.45, 7) is 12.2. The van der Waals surface area contributed by atoms with Gasteiger partial charge < -0.3 is 19.5 Å². The second kappa shape index (κ2) is 7.91. The standard InChI is InChI=1S/C21H30N2O6/c1-6-8-22-9-7-13-14(10-22)16-15(12(2)24)18(25)23(16)17(13)19(26)28-11-29-20(27)21(3,4)5/h6,12,14-16,24H,1,7-11H2,2-5H3/t12-,14-,15-,16-/m1/s1. The average molecular weight is 406 g/mol.